The fourth-order valence-corrected chi connectivity index (χ4v) is 4.03. The second kappa shape index (κ2) is 9.76. The number of fused-ring (bicyclic) bond motifs is 1. The molecule has 5 rings (SSSR count). The van der Waals surface area contributed by atoms with Gasteiger partial charge >= 0.3 is 0 Å². The number of rotatable bonds is 7. The average Bonchev–Trinajstić information content (AvgIpc) is 3.21. The highest BCUT2D eigenvalue weighted by atomic mass is 19.1. The molecule has 3 aromatic heterocycles. The van der Waals surface area contributed by atoms with Gasteiger partial charge in [0.1, 0.15) is 34.7 Å². The van der Waals surface area contributed by atoms with Crippen molar-refractivity contribution in [2.75, 3.05) is 11.9 Å². The van der Waals surface area contributed by atoms with Gasteiger partial charge in [-0.3, -0.25) is 4.68 Å². The van der Waals surface area contributed by atoms with E-state index in [0.717, 1.165) is 17.8 Å². The number of benzene rings is 2. The molecule has 0 saturated carbocycles. The van der Waals surface area contributed by atoms with E-state index in [1.54, 1.807) is 32.0 Å². The fourth-order valence-electron chi connectivity index (χ4n) is 4.03. The first-order chi connectivity index (χ1) is 17.8. The minimum atomic E-state index is -0.729. The topological polar surface area (TPSA) is 111 Å². The number of halogens is 2. The van der Waals surface area contributed by atoms with Gasteiger partial charge in [0.2, 0.25) is 0 Å². The first kappa shape index (κ1) is 24.0. The zero-order valence-corrected chi connectivity index (χ0v) is 20.3. The average molecular weight is 504 g/mol. The molecular weight excluding hydrogens is 480 g/mol. The van der Waals surface area contributed by atoms with Crippen LogP contribution in [0.4, 0.5) is 20.4 Å². The Morgan fingerprint density at radius 2 is 1.78 bits per heavy atom. The second-order valence-electron chi connectivity index (χ2n) is 8.32. The number of para-hydroxylation sites is 1. The van der Waals surface area contributed by atoms with Crippen LogP contribution in [0.25, 0.3) is 22.4 Å². The van der Waals surface area contributed by atoms with Gasteiger partial charge in [-0.1, -0.05) is 18.2 Å². The van der Waals surface area contributed by atoms with Crippen molar-refractivity contribution in [3.8, 4) is 23.0 Å². The maximum atomic E-state index is 14.8. The molecule has 11 heteroatoms. The number of anilines is 2. The third-order valence-corrected chi connectivity index (χ3v) is 5.59. The van der Waals surface area contributed by atoms with Crippen molar-refractivity contribution in [3.63, 3.8) is 0 Å². The van der Waals surface area contributed by atoms with Crippen molar-refractivity contribution in [3.05, 3.63) is 77.4 Å². The van der Waals surface area contributed by atoms with Crippen LogP contribution in [0.5, 0.6) is 11.5 Å². The molecule has 37 heavy (non-hydrogen) atoms. The standard InChI is InChI=1S/C26H23F2N7O2/c1-4-37-16-10-19(27)18(20(28)11-16)13-35-21-8-6-5-7-17(21)24(34-35)26-29-12-22(36)25(33-26)32-23-9-14(2)30-15(3)31-23/h5-12,36H,4,13H2,1-3H3,(H,29,30,31,32,33). The molecule has 0 spiro atoms. The van der Waals surface area contributed by atoms with Gasteiger partial charge in [-0.2, -0.15) is 5.10 Å². The smallest absolute Gasteiger partial charge is 0.183 e. The van der Waals surface area contributed by atoms with Crippen LogP contribution in [-0.2, 0) is 6.54 Å². The monoisotopic (exact) mass is 503 g/mol. The summed E-state index contributed by atoms with van der Waals surface area (Å²) < 4.78 is 36.3. The van der Waals surface area contributed by atoms with Crippen molar-refractivity contribution in [2.45, 2.75) is 27.3 Å². The normalized spacial score (nSPS) is 11.2. The van der Waals surface area contributed by atoms with E-state index in [9.17, 15) is 13.9 Å². The zero-order valence-electron chi connectivity index (χ0n) is 20.3. The van der Waals surface area contributed by atoms with E-state index in [-0.39, 0.29) is 35.2 Å². The highest BCUT2D eigenvalue weighted by Crippen LogP contribution is 2.31. The Morgan fingerprint density at radius 3 is 2.51 bits per heavy atom. The third-order valence-electron chi connectivity index (χ3n) is 5.59. The number of aromatic nitrogens is 6. The van der Waals surface area contributed by atoms with Gasteiger partial charge in [0, 0.05) is 34.8 Å². The van der Waals surface area contributed by atoms with E-state index in [0.29, 0.717) is 34.8 Å². The molecule has 188 valence electrons. The lowest BCUT2D eigenvalue weighted by atomic mass is 10.1. The number of aromatic hydroxyl groups is 1. The van der Waals surface area contributed by atoms with Crippen LogP contribution >= 0.6 is 0 Å². The third kappa shape index (κ3) is 4.88. The predicted octanol–water partition coefficient (Wildman–Crippen LogP) is 5.07. The molecule has 5 aromatic rings. The molecule has 2 aromatic carbocycles. The first-order valence-electron chi connectivity index (χ1n) is 11.5. The highest BCUT2D eigenvalue weighted by molar-refractivity contribution is 5.92. The van der Waals surface area contributed by atoms with Gasteiger partial charge in [0.05, 0.1) is 24.9 Å². The summed E-state index contributed by atoms with van der Waals surface area (Å²) in [5, 5.41) is 18.6. The number of hydrogen-bond acceptors (Lipinski definition) is 8. The van der Waals surface area contributed by atoms with Crippen LogP contribution in [0.1, 0.15) is 24.0 Å². The molecular formula is C26H23F2N7O2. The number of nitrogens with one attached hydrogen (secondary N) is 1. The Kier molecular flexibility index (Phi) is 6.34. The van der Waals surface area contributed by atoms with Gasteiger partial charge in [0.15, 0.2) is 17.4 Å². The molecule has 0 fully saturated rings. The quantitative estimate of drug-likeness (QED) is 0.317. The Labute approximate surface area is 210 Å². The Balaban J connectivity index is 1.55. The minimum Gasteiger partial charge on any atom is -0.503 e. The summed E-state index contributed by atoms with van der Waals surface area (Å²) in [6, 6.07) is 11.3. The van der Waals surface area contributed by atoms with Crippen LogP contribution in [0.2, 0.25) is 0 Å². The number of ether oxygens (including phenoxy) is 1. The molecule has 0 aliphatic heterocycles. The molecule has 0 aliphatic carbocycles. The molecule has 0 amide bonds. The van der Waals surface area contributed by atoms with Crippen molar-refractivity contribution >= 4 is 22.5 Å². The zero-order chi connectivity index (χ0) is 26.1. The van der Waals surface area contributed by atoms with Crippen LogP contribution in [0, 0.1) is 25.5 Å². The van der Waals surface area contributed by atoms with E-state index in [2.05, 4.69) is 30.4 Å². The van der Waals surface area contributed by atoms with Crippen molar-refractivity contribution in [1.29, 1.82) is 0 Å². The molecule has 3 heterocycles. The Bertz CT molecular complexity index is 1580. The second-order valence-corrected chi connectivity index (χ2v) is 8.32. The minimum absolute atomic E-state index is 0.124. The van der Waals surface area contributed by atoms with Gasteiger partial charge in [-0.15, -0.1) is 0 Å². The number of nitrogens with zero attached hydrogens (tertiary/aromatic N) is 6. The van der Waals surface area contributed by atoms with E-state index in [1.807, 2.05) is 19.1 Å². The number of aryl methyl sites for hydroxylation is 2. The molecule has 0 bridgehead atoms. The Hall–Kier alpha value is -4.67. The van der Waals surface area contributed by atoms with Crippen molar-refractivity contribution in [2.24, 2.45) is 0 Å². The van der Waals surface area contributed by atoms with E-state index >= 15 is 0 Å². The summed E-state index contributed by atoms with van der Waals surface area (Å²) in [6.07, 6.45) is 1.26. The van der Waals surface area contributed by atoms with Crippen LogP contribution in [-0.4, -0.2) is 41.4 Å². The van der Waals surface area contributed by atoms with Crippen LogP contribution in [0.15, 0.2) is 48.7 Å². The fraction of sp³-hybridized carbons (Fsp3) is 0.192. The van der Waals surface area contributed by atoms with Gasteiger partial charge in [-0.25, -0.2) is 28.7 Å². The van der Waals surface area contributed by atoms with Crippen molar-refractivity contribution in [1.82, 2.24) is 29.7 Å². The van der Waals surface area contributed by atoms with E-state index < -0.39 is 11.6 Å². The van der Waals surface area contributed by atoms with Gasteiger partial charge in [-0.05, 0) is 26.8 Å². The lowest BCUT2D eigenvalue weighted by Gasteiger charge is -2.10. The molecule has 0 saturated heterocycles. The molecule has 9 nitrogen and oxygen atoms in total. The maximum absolute atomic E-state index is 14.8. The summed E-state index contributed by atoms with van der Waals surface area (Å²) in [5.74, 6) is -0.148. The summed E-state index contributed by atoms with van der Waals surface area (Å²) in [7, 11) is 0. The summed E-state index contributed by atoms with van der Waals surface area (Å²) >= 11 is 0. The molecule has 0 atom stereocenters. The largest absolute Gasteiger partial charge is 0.503 e. The Morgan fingerprint density at radius 1 is 1.03 bits per heavy atom. The van der Waals surface area contributed by atoms with Gasteiger partial charge in [0.25, 0.3) is 0 Å². The van der Waals surface area contributed by atoms with E-state index in [4.69, 9.17) is 4.74 Å². The SMILES string of the molecule is CCOc1cc(F)c(Cn2nc(-c3ncc(O)c(Nc4cc(C)nc(C)n4)n3)c3ccccc32)c(F)c1. The lowest BCUT2D eigenvalue weighted by molar-refractivity contribution is 0.335. The predicted molar refractivity (Wildman–Crippen MR) is 134 cm³/mol. The maximum Gasteiger partial charge on any atom is 0.183 e. The van der Waals surface area contributed by atoms with Gasteiger partial charge < -0.3 is 15.2 Å². The van der Waals surface area contributed by atoms with Crippen LogP contribution in [0.3, 0.4) is 0 Å². The number of hydrogen-bond donors (Lipinski definition) is 2. The highest BCUT2D eigenvalue weighted by Gasteiger charge is 2.19. The van der Waals surface area contributed by atoms with E-state index in [1.165, 1.54) is 10.9 Å². The van der Waals surface area contributed by atoms with Crippen molar-refractivity contribution < 1.29 is 18.6 Å². The summed E-state index contributed by atoms with van der Waals surface area (Å²) in [4.78, 5) is 17.3. The molecule has 2 N–H and O–H groups in total. The summed E-state index contributed by atoms with van der Waals surface area (Å²) in [5.41, 5.74) is 1.63. The summed E-state index contributed by atoms with van der Waals surface area (Å²) in [6.45, 7) is 5.47. The molecule has 0 aliphatic rings. The first-order valence-corrected chi connectivity index (χ1v) is 11.5. The molecule has 0 radical (unpaired) electrons. The lowest BCUT2D eigenvalue weighted by Crippen LogP contribution is -2.07. The van der Waals surface area contributed by atoms with Crippen LogP contribution < -0.4 is 10.1 Å². The molecule has 0 unspecified atom stereocenters.